The number of nitrogens with zero attached hydrogens (tertiary/aromatic N) is 3. The first-order valence-corrected chi connectivity index (χ1v) is 16.6. The summed E-state index contributed by atoms with van der Waals surface area (Å²) < 4.78 is 2.27. The highest BCUT2D eigenvalue weighted by molar-refractivity contribution is 6.14. The molecule has 0 fully saturated rings. The Hall–Kier alpha value is -6.58. The van der Waals surface area contributed by atoms with Gasteiger partial charge in [-0.1, -0.05) is 158 Å². The maximum Gasteiger partial charge on any atom is 0.162 e. The van der Waals surface area contributed by atoms with Gasteiger partial charge in [-0.3, -0.25) is 4.57 Å². The van der Waals surface area contributed by atoms with Gasteiger partial charge in [-0.15, -0.1) is 0 Å². The van der Waals surface area contributed by atoms with Gasteiger partial charge in [0.1, 0.15) is 5.65 Å². The Morgan fingerprint density at radius 2 is 0.816 bits per heavy atom. The Kier molecular flexibility index (Phi) is 7.14. The van der Waals surface area contributed by atoms with Gasteiger partial charge < -0.3 is 0 Å². The van der Waals surface area contributed by atoms with E-state index in [0.29, 0.717) is 5.82 Å². The summed E-state index contributed by atoms with van der Waals surface area (Å²) in [5.41, 5.74) is 13.1. The minimum atomic E-state index is 0.692. The molecule has 0 saturated heterocycles. The van der Waals surface area contributed by atoms with Crippen molar-refractivity contribution in [2.75, 3.05) is 0 Å². The minimum Gasteiger partial charge on any atom is -0.294 e. The molecule has 0 N–H and O–H groups in total. The van der Waals surface area contributed by atoms with Crippen LogP contribution in [0.2, 0.25) is 0 Å². The van der Waals surface area contributed by atoms with E-state index in [1.54, 1.807) is 0 Å². The fourth-order valence-electron chi connectivity index (χ4n) is 6.83. The van der Waals surface area contributed by atoms with Crippen molar-refractivity contribution in [2.45, 2.75) is 0 Å². The van der Waals surface area contributed by atoms with Crippen LogP contribution in [0.4, 0.5) is 0 Å². The van der Waals surface area contributed by atoms with Gasteiger partial charge in [-0.05, 0) is 63.7 Å². The molecule has 0 atom stereocenters. The molecule has 0 amide bonds. The van der Waals surface area contributed by atoms with Gasteiger partial charge in [0.05, 0.1) is 16.6 Å². The summed E-state index contributed by atoms with van der Waals surface area (Å²) in [4.78, 5) is 10.7. The summed E-state index contributed by atoms with van der Waals surface area (Å²) in [6.07, 6.45) is 0. The number of para-hydroxylation sites is 2. The van der Waals surface area contributed by atoms with Gasteiger partial charge in [-0.25, -0.2) is 9.97 Å². The molecule has 0 spiro atoms. The summed E-state index contributed by atoms with van der Waals surface area (Å²) in [5.74, 6) is 0.692. The van der Waals surface area contributed by atoms with Crippen LogP contribution in [-0.2, 0) is 0 Å². The molecule has 3 nitrogen and oxygen atoms in total. The van der Waals surface area contributed by atoms with Crippen LogP contribution in [0, 0.1) is 0 Å². The molecule has 7 aromatic carbocycles. The number of fused-ring (bicyclic) bond motifs is 3. The van der Waals surface area contributed by atoms with Crippen LogP contribution in [0.3, 0.4) is 0 Å². The molecule has 0 saturated carbocycles. The third-order valence-electron chi connectivity index (χ3n) is 9.22. The molecule has 0 unspecified atom stereocenters. The summed E-state index contributed by atoms with van der Waals surface area (Å²) in [6, 6.07) is 66.1. The number of hydrogen-bond donors (Lipinski definition) is 0. The van der Waals surface area contributed by atoms with Crippen molar-refractivity contribution in [3.05, 3.63) is 188 Å². The zero-order valence-electron chi connectivity index (χ0n) is 26.7. The van der Waals surface area contributed by atoms with E-state index in [1.165, 1.54) is 22.3 Å². The third kappa shape index (κ3) is 5.28. The number of hydrogen-bond acceptors (Lipinski definition) is 2. The lowest BCUT2D eigenvalue weighted by Gasteiger charge is -2.12. The maximum atomic E-state index is 5.37. The molecule has 0 bridgehead atoms. The molecule has 0 aliphatic heterocycles. The van der Waals surface area contributed by atoms with Gasteiger partial charge in [-0.2, -0.15) is 0 Å². The first kappa shape index (κ1) is 28.6. The van der Waals surface area contributed by atoms with E-state index in [-0.39, 0.29) is 0 Å². The smallest absolute Gasteiger partial charge is 0.162 e. The fourth-order valence-corrected chi connectivity index (χ4v) is 6.83. The summed E-state index contributed by atoms with van der Waals surface area (Å²) >= 11 is 0. The summed E-state index contributed by atoms with van der Waals surface area (Å²) in [7, 11) is 0. The predicted octanol–water partition coefficient (Wildman–Crippen LogP) is 11.9. The highest BCUT2D eigenvalue weighted by atomic mass is 15.1. The van der Waals surface area contributed by atoms with Crippen LogP contribution in [0.1, 0.15) is 0 Å². The second-order valence-corrected chi connectivity index (χ2v) is 12.3. The fraction of sp³-hybridized carbons (Fsp3) is 0. The van der Waals surface area contributed by atoms with E-state index in [9.17, 15) is 0 Å². The Balaban J connectivity index is 1.23. The second kappa shape index (κ2) is 12.2. The molecule has 0 aliphatic rings. The van der Waals surface area contributed by atoms with E-state index >= 15 is 0 Å². The largest absolute Gasteiger partial charge is 0.294 e. The lowest BCUT2D eigenvalue weighted by atomic mass is 9.98. The molecule has 2 heterocycles. The van der Waals surface area contributed by atoms with Crippen LogP contribution in [0.5, 0.6) is 0 Å². The van der Waals surface area contributed by atoms with Crippen LogP contribution >= 0.6 is 0 Å². The molecule has 3 heteroatoms. The summed E-state index contributed by atoms with van der Waals surface area (Å²) in [5, 5.41) is 2.17. The van der Waals surface area contributed by atoms with E-state index < -0.39 is 0 Å². The molecule has 2 aromatic heterocycles. The molecule has 230 valence electrons. The van der Waals surface area contributed by atoms with Gasteiger partial charge in [0.15, 0.2) is 5.82 Å². The van der Waals surface area contributed by atoms with Crippen molar-refractivity contribution in [1.82, 2.24) is 14.5 Å². The molecular formula is C46H31N3. The third-order valence-corrected chi connectivity index (χ3v) is 9.22. The highest BCUT2D eigenvalue weighted by Crippen LogP contribution is 2.39. The van der Waals surface area contributed by atoms with Crippen molar-refractivity contribution < 1.29 is 0 Å². The average molecular weight is 626 g/mol. The minimum absolute atomic E-state index is 0.692. The molecule has 0 radical (unpaired) electrons. The second-order valence-electron chi connectivity index (χ2n) is 12.3. The lowest BCUT2D eigenvalue weighted by molar-refractivity contribution is 1.11. The van der Waals surface area contributed by atoms with Crippen molar-refractivity contribution in [1.29, 1.82) is 0 Å². The standard InChI is InChI=1S/C46H31N3/c1-4-14-32(15-5-1)36-18-12-19-37(30-36)34-26-28-35(29-27-34)45-47-44(39-21-13-20-38(31-39)33-16-6-2-7-17-33)43-41-24-10-11-25-42(41)49(46(43)48-45)40-22-8-3-9-23-40/h1-31H. The number of benzene rings is 7. The predicted molar refractivity (Wildman–Crippen MR) is 204 cm³/mol. The normalized spacial score (nSPS) is 11.3. The van der Waals surface area contributed by atoms with Crippen molar-refractivity contribution >= 4 is 21.9 Å². The highest BCUT2D eigenvalue weighted by Gasteiger charge is 2.21. The molecule has 9 rings (SSSR count). The zero-order chi connectivity index (χ0) is 32.6. The Morgan fingerprint density at radius 1 is 0.347 bits per heavy atom. The Labute approximate surface area is 285 Å². The van der Waals surface area contributed by atoms with Gasteiger partial charge in [0.25, 0.3) is 0 Å². The van der Waals surface area contributed by atoms with Crippen LogP contribution in [-0.4, -0.2) is 14.5 Å². The monoisotopic (exact) mass is 625 g/mol. The van der Waals surface area contributed by atoms with Gasteiger partial charge >= 0.3 is 0 Å². The lowest BCUT2D eigenvalue weighted by Crippen LogP contribution is -1.99. The first-order chi connectivity index (χ1) is 24.3. The van der Waals surface area contributed by atoms with Gasteiger partial charge in [0, 0.05) is 22.2 Å². The molecule has 49 heavy (non-hydrogen) atoms. The van der Waals surface area contributed by atoms with Crippen molar-refractivity contribution in [2.24, 2.45) is 0 Å². The Bertz CT molecular complexity index is 2570. The van der Waals surface area contributed by atoms with E-state index in [4.69, 9.17) is 9.97 Å². The SMILES string of the molecule is c1ccc(-c2cccc(-c3ccc(-c4nc(-c5cccc(-c6ccccc6)c5)c5c6ccccc6n(-c6ccccc6)c5n4)cc3)c2)cc1. The Morgan fingerprint density at radius 3 is 1.45 bits per heavy atom. The number of aromatic nitrogens is 3. The van der Waals surface area contributed by atoms with Gasteiger partial charge in [0.2, 0.25) is 0 Å². The maximum absolute atomic E-state index is 5.37. The molecule has 0 aliphatic carbocycles. The van der Waals surface area contributed by atoms with Crippen LogP contribution < -0.4 is 0 Å². The number of rotatable bonds is 6. The molecular weight excluding hydrogens is 595 g/mol. The van der Waals surface area contributed by atoms with Crippen LogP contribution in [0.15, 0.2) is 188 Å². The van der Waals surface area contributed by atoms with Crippen molar-refractivity contribution in [3.63, 3.8) is 0 Å². The summed E-state index contributed by atoms with van der Waals surface area (Å²) in [6.45, 7) is 0. The average Bonchev–Trinajstić information content (AvgIpc) is 3.53. The quantitative estimate of drug-likeness (QED) is 0.184. The van der Waals surface area contributed by atoms with Crippen molar-refractivity contribution in [3.8, 4) is 61.7 Å². The zero-order valence-corrected chi connectivity index (χ0v) is 26.7. The molecule has 9 aromatic rings. The van der Waals surface area contributed by atoms with E-state index in [1.807, 2.05) is 0 Å². The first-order valence-electron chi connectivity index (χ1n) is 16.6. The topological polar surface area (TPSA) is 30.7 Å². The van der Waals surface area contributed by atoms with E-state index in [2.05, 4.69) is 193 Å². The van der Waals surface area contributed by atoms with Crippen LogP contribution in [0.25, 0.3) is 83.6 Å². The van der Waals surface area contributed by atoms with E-state index in [0.717, 1.165) is 55.6 Å².